The Balaban J connectivity index is 1.73. The van der Waals surface area contributed by atoms with Crippen molar-refractivity contribution in [1.82, 2.24) is 9.21 Å². The summed E-state index contributed by atoms with van der Waals surface area (Å²) in [6.07, 6.45) is 6.24. The normalized spacial score (nSPS) is 21.9. The Kier molecular flexibility index (Phi) is 5.62. The first-order valence-corrected chi connectivity index (χ1v) is 10.5. The molecule has 1 aromatic carbocycles. The lowest BCUT2D eigenvalue weighted by Crippen LogP contribution is -2.52. The summed E-state index contributed by atoms with van der Waals surface area (Å²) in [4.78, 5) is 2.18. The van der Waals surface area contributed by atoms with Crippen LogP contribution >= 0.6 is 23.2 Å². The predicted octanol–water partition coefficient (Wildman–Crippen LogP) is 3.34. The number of piperazine rings is 1. The van der Waals surface area contributed by atoms with E-state index in [1.165, 1.54) is 48.5 Å². The van der Waals surface area contributed by atoms with Crippen molar-refractivity contribution < 1.29 is 13.5 Å². The smallest absolute Gasteiger partial charge is 0.246 e. The minimum Gasteiger partial charge on any atom is -0.505 e. The maximum absolute atomic E-state index is 12.8. The van der Waals surface area contributed by atoms with Crippen molar-refractivity contribution in [1.29, 1.82) is 0 Å². The molecule has 8 heteroatoms. The molecular formula is C16H22Cl2N2O3S. The zero-order chi connectivity index (χ0) is 17.3. The quantitative estimate of drug-likeness (QED) is 0.856. The number of hydrogen-bond acceptors (Lipinski definition) is 4. The Hall–Kier alpha value is -0.530. The third kappa shape index (κ3) is 3.68. The molecule has 0 aromatic heterocycles. The van der Waals surface area contributed by atoms with Crippen molar-refractivity contribution in [3.8, 4) is 5.75 Å². The van der Waals surface area contributed by atoms with E-state index >= 15 is 0 Å². The topological polar surface area (TPSA) is 60.9 Å². The Labute approximate surface area is 153 Å². The Morgan fingerprint density at radius 1 is 1.00 bits per heavy atom. The summed E-state index contributed by atoms with van der Waals surface area (Å²) in [6.45, 7) is 2.28. The number of halogens is 2. The van der Waals surface area contributed by atoms with Crippen molar-refractivity contribution in [2.75, 3.05) is 26.2 Å². The van der Waals surface area contributed by atoms with Gasteiger partial charge < -0.3 is 5.11 Å². The molecule has 1 heterocycles. The number of sulfonamides is 1. The van der Waals surface area contributed by atoms with Gasteiger partial charge in [-0.15, -0.1) is 0 Å². The second kappa shape index (κ2) is 7.38. The molecule has 0 unspecified atom stereocenters. The van der Waals surface area contributed by atoms with Gasteiger partial charge in [0.1, 0.15) is 4.90 Å². The number of rotatable bonds is 3. The van der Waals surface area contributed by atoms with Gasteiger partial charge in [0.2, 0.25) is 10.0 Å². The summed E-state index contributed by atoms with van der Waals surface area (Å²) in [7, 11) is -3.80. The van der Waals surface area contributed by atoms with Gasteiger partial charge in [-0.1, -0.05) is 42.5 Å². The number of phenols is 1. The Morgan fingerprint density at radius 2 is 1.62 bits per heavy atom. The van der Waals surface area contributed by atoms with E-state index in [1.807, 2.05) is 0 Å². The fraction of sp³-hybridized carbons (Fsp3) is 0.625. The SMILES string of the molecule is O=S(=O)(c1cc(Cl)cc(Cl)c1O)N1CCN(C2CCCCC2)CC1. The van der Waals surface area contributed by atoms with Crippen LogP contribution in [0.15, 0.2) is 17.0 Å². The molecular weight excluding hydrogens is 371 g/mol. The predicted molar refractivity (Wildman–Crippen MR) is 95.3 cm³/mol. The lowest BCUT2D eigenvalue weighted by molar-refractivity contribution is 0.111. The lowest BCUT2D eigenvalue weighted by Gasteiger charge is -2.40. The molecule has 0 amide bonds. The van der Waals surface area contributed by atoms with Crippen LogP contribution in [0, 0.1) is 0 Å². The minimum absolute atomic E-state index is 0.0538. The van der Waals surface area contributed by atoms with E-state index in [0.29, 0.717) is 19.1 Å². The number of phenolic OH excluding ortho intramolecular Hbond substituents is 1. The van der Waals surface area contributed by atoms with E-state index in [9.17, 15) is 13.5 Å². The van der Waals surface area contributed by atoms with Gasteiger partial charge in [0.15, 0.2) is 5.75 Å². The molecule has 1 aliphatic carbocycles. The van der Waals surface area contributed by atoms with Gasteiger partial charge in [0.05, 0.1) is 5.02 Å². The van der Waals surface area contributed by atoms with Crippen LogP contribution in [0.3, 0.4) is 0 Å². The summed E-state index contributed by atoms with van der Waals surface area (Å²) in [5.41, 5.74) is 0. The number of aromatic hydroxyl groups is 1. The maximum Gasteiger partial charge on any atom is 0.246 e. The molecule has 1 saturated carbocycles. The molecule has 1 aliphatic heterocycles. The monoisotopic (exact) mass is 392 g/mol. The van der Waals surface area contributed by atoms with Gasteiger partial charge >= 0.3 is 0 Å². The summed E-state index contributed by atoms with van der Waals surface area (Å²) < 4.78 is 27.1. The molecule has 0 atom stereocenters. The molecule has 134 valence electrons. The van der Waals surface area contributed by atoms with E-state index in [-0.39, 0.29) is 14.9 Å². The van der Waals surface area contributed by atoms with Crippen molar-refractivity contribution in [2.24, 2.45) is 0 Å². The summed E-state index contributed by atoms with van der Waals surface area (Å²) >= 11 is 11.8. The van der Waals surface area contributed by atoms with E-state index < -0.39 is 15.8 Å². The van der Waals surface area contributed by atoms with Gasteiger partial charge in [-0.25, -0.2) is 8.42 Å². The second-order valence-electron chi connectivity index (χ2n) is 6.47. The first-order valence-electron chi connectivity index (χ1n) is 8.32. The highest BCUT2D eigenvalue weighted by molar-refractivity contribution is 7.89. The summed E-state index contributed by atoms with van der Waals surface area (Å²) in [5.74, 6) is -0.434. The van der Waals surface area contributed by atoms with Crippen LogP contribution in [0.1, 0.15) is 32.1 Å². The number of benzene rings is 1. The van der Waals surface area contributed by atoms with Crippen LogP contribution in [0.25, 0.3) is 0 Å². The van der Waals surface area contributed by atoms with Crippen LogP contribution in [-0.4, -0.2) is 55.0 Å². The average Bonchev–Trinajstić information content (AvgIpc) is 2.59. The van der Waals surface area contributed by atoms with Crippen LogP contribution < -0.4 is 0 Å². The van der Waals surface area contributed by atoms with Crippen LogP contribution in [-0.2, 0) is 10.0 Å². The molecule has 0 radical (unpaired) electrons. The molecule has 24 heavy (non-hydrogen) atoms. The van der Waals surface area contributed by atoms with E-state index in [2.05, 4.69) is 4.90 Å². The van der Waals surface area contributed by atoms with Crippen molar-refractivity contribution in [3.63, 3.8) is 0 Å². The standard InChI is InChI=1S/C16H22Cl2N2O3S/c17-12-10-14(18)16(21)15(11-12)24(22,23)20-8-6-19(7-9-20)13-4-2-1-3-5-13/h10-11,13,21H,1-9H2. The zero-order valence-electron chi connectivity index (χ0n) is 13.4. The molecule has 1 N–H and O–H groups in total. The highest BCUT2D eigenvalue weighted by atomic mass is 35.5. The zero-order valence-corrected chi connectivity index (χ0v) is 15.7. The first-order chi connectivity index (χ1) is 11.4. The van der Waals surface area contributed by atoms with Gasteiger partial charge in [0, 0.05) is 37.2 Å². The fourth-order valence-corrected chi connectivity index (χ4v) is 5.80. The van der Waals surface area contributed by atoms with Crippen LogP contribution in [0.5, 0.6) is 5.75 Å². The highest BCUT2D eigenvalue weighted by Crippen LogP contribution is 2.36. The van der Waals surface area contributed by atoms with Crippen LogP contribution in [0.2, 0.25) is 10.0 Å². The summed E-state index contributed by atoms with van der Waals surface area (Å²) in [5, 5.41) is 10.2. The van der Waals surface area contributed by atoms with E-state index in [0.717, 1.165) is 13.1 Å². The first kappa shape index (κ1) is 18.3. The number of nitrogens with zero attached hydrogens (tertiary/aromatic N) is 2. The summed E-state index contributed by atoms with van der Waals surface area (Å²) in [6, 6.07) is 3.17. The average molecular weight is 393 g/mol. The van der Waals surface area contributed by atoms with Gasteiger partial charge in [0.25, 0.3) is 0 Å². The van der Waals surface area contributed by atoms with Gasteiger partial charge in [-0.05, 0) is 25.0 Å². The third-order valence-electron chi connectivity index (χ3n) is 4.98. The van der Waals surface area contributed by atoms with Crippen molar-refractivity contribution in [3.05, 3.63) is 22.2 Å². The van der Waals surface area contributed by atoms with E-state index in [4.69, 9.17) is 23.2 Å². The van der Waals surface area contributed by atoms with Gasteiger partial charge in [-0.3, -0.25) is 4.90 Å². The highest BCUT2D eigenvalue weighted by Gasteiger charge is 2.33. The lowest BCUT2D eigenvalue weighted by atomic mass is 9.94. The molecule has 1 aromatic rings. The molecule has 2 fully saturated rings. The molecule has 3 rings (SSSR count). The van der Waals surface area contributed by atoms with Crippen molar-refractivity contribution in [2.45, 2.75) is 43.0 Å². The molecule has 0 bridgehead atoms. The maximum atomic E-state index is 12.8. The second-order valence-corrected chi connectivity index (χ2v) is 9.22. The Morgan fingerprint density at radius 3 is 2.25 bits per heavy atom. The molecule has 1 saturated heterocycles. The minimum atomic E-state index is -3.80. The van der Waals surface area contributed by atoms with E-state index in [1.54, 1.807) is 0 Å². The third-order valence-corrected chi connectivity index (χ3v) is 7.39. The number of hydrogen-bond donors (Lipinski definition) is 1. The van der Waals surface area contributed by atoms with Crippen LogP contribution in [0.4, 0.5) is 0 Å². The molecule has 2 aliphatic rings. The molecule has 0 spiro atoms. The largest absolute Gasteiger partial charge is 0.505 e. The fourth-order valence-electron chi connectivity index (χ4n) is 3.63. The van der Waals surface area contributed by atoms with Gasteiger partial charge in [-0.2, -0.15) is 4.31 Å². The molecule has 5 nitrogen and oxygen atoms in total. The Bertz CT molecular complexity index is 698. The van der Waals surface area contributed by atoms with Crippen molar-refractivity contribution >= 4 is 33.2 Å².